The molecular weight excluding hydrogens is 224 g/mol. The normalized spacial score (nSPS) is 10.8. The van der Waals surface area contributed by atoms with Crippen molar-refractivity contribution >= 4 is 16.7 Å². The number of esters is 1. The Morgan fingerprint density at radius 3 is 2.61 bits per heavy atom. The van der Waals surface area contributed by atoms with Gasteiger partial charge in [0.25, 0.3) is 0 Å². The molecule has 2 rings (SSSR count). The van der Waals surface area contributed by atoms with Crippen LogP contribution in [0.4, 0.5) is 0 Å². The zero-order chi connectivity index (χ0) is 13.0. The van der Waals surface area contributed by atoms with Crippen LogP contribution in [0.2, 0.25) is 0 Å². The fourth-order valence-corrected chi connectivity index (χ4v) is 1.94. The van der Waals surface area contributed by atoms with Crippen LogP contribution in [0.1, 0.15) is 19.4 Å². The van der Waals surface area contributed by atoms with E-state index in [2.05, 4.69) is 24.3 Å². The SMILES string of the molecule is CC(C)C(=O)OCCc1cccc2ccccc12. The Morgan fingerprint density at radius 2 is 1.83 bits per heavy atom. The van der Waals surface area contributed by atoms with Crippen molar-refractivity contribution in [2.75, 3.05) is 6.61 Å². The van der Waals surface area contributed by atoms with Crippen LogP contribution in [-0.2, 0) is 16.0 Å². The van der Waals surface area contributed by atoms with Crippen LogP contribution in [0, 0.1) is 5.92 Å². The van der Waals surface area contributed by atoms with Crippen molar-refractivity contribution in [3.8, 4) is 0 Å². The average Bonchev–Trinajstić information content (AvgIpc) is 2.38. The van der Waals surface area contributed by atoms with Crippen LogP contribution in [-0.4, -0.2) is 12.6 Å². The summed E-state index contributed by atoms with van der Waals surface area (Å²) in [6, 6.07) is 14.5. The third-order valence-electron chi connectivity index (χ3n) is 2.97. The maximum atomic E-state index is 11.4. The largest absolute Gasteiger partial charge is 0.465 e. The number of rotatable bonds is 4. The van der Waals surface area contributed by atoms with Crippen molar-refractivity contribution in [2.24, 2.45) is 5.92 Å². The van der Waals surface area contributed by atoms with E-state index in [-0.39, 0.29) is 11.9 Å². The highest BCUT2D eigenvalue weighted by Crippen LogP contribution is 2.18. The van der Waals surface area contributed by atoms with Gasteiger partial charge in [0, 0.05) is 6.42 Å². The molecule has 0 amide bonds. The number of hydrogen-bond donors (Lipinski definition) is 0. The molecule has 18 heavy (non-hydrogen) atoms. The minimum atomic E-state index is -0.129. The van der Waals surface area contributed by atoms with Crippen LogP contribution in [0.25, 0.3) is 10.8 Å². The third kappa shape index (κ3) is 2.89. The molecule has 94 valence electrons. The lowest BCUT2D eigenvalue weighted by molar-refractivity contribution is -0.147. The molecule has 0 heterocycles. The van der Waals surface area contributed by atoms with Gasteiger partial charge < -0.3 is 4.74 Å². The van der Waals surface area contributed by atoms with Gasteiger partial charge in [0.1, 0.15) is 0 Å². The second-order valence-corrected chi connectivity index (χ2v) is 4.71. The topological polar surface area (TPSA) is 26.3 Å². The summed E-state index contributed by atoms with van der Waals surface area (Å²) in [6.45, 7) is 4.14. The molecule has 0 saturated heterocycles. The second-order valence-electron chi connectivity index (χ2n) is 4.71. The molecule has 0 spiro atoms. The van der Waals surface area contributed by atoms with Gasteiger partial charge in [-0.2, -0.15) is 0 Å². The van der Waals surface area contributed by atoms with Gasteiger partial charge in [0.15, 0.2) is 0 Å². The molecule has 2 aromatic carbocycles. The van der Waals surface area contributed by atoms with E-state index in [1.54, 1.807) is 0 Å². The van der Waals surface area contributed by atoms with Crippen molar-refractivity contribution < 1.29 is 9.53 Å². The van der Waals surface area contributed by atoms with E-state index in [4.69, 9.17) is 4.74 Å². The predicted molar refractivity (Wildman–Crippen MR) is 73.4 cm³/mol. The Bertz CT molecular complexity index is 538. The summed E-state index contributed by atoms with van der Waals surface area (Å²) in [6.07, 6.45) is 0.764. The quantitative estimate of drug-likeness (QED) is 0.766. The third-order valence-corrected chi connectivity index (χ3v) is 2.97. The summed E-state index contributed by atoms with van der Waals surface area (Å²) in [7, 11) is 0. The van der Waals surface area contributed by atoms with Crippen LogP contribution >= 0.6 is 0 Å². The summed E-state index contributed by atoms with van der Waals surface area (Å²) in [5.41, 5.74) is 1.23. The Labute approximate surface area is 108 Å². The maximum Gasteiger partial charge on any atom is 0.308 e. The number of hydrogen-bond acceptors (Lipinski definition) is 2. The van der Waals surface area contributed by atoms with Crippen LogP contribution in [0.3, 0.4) is 0 Å². The van der Waals surface area contributed by atoms with Gasteiger partial charge >= 0.3 is 5.97 Å². The number of benzene rings is 2. The van der Waals surface area contributed by atoms with E-state index in [0.717, 1.165) is 6.42 Å². The maximum absolute atomic E-state index is 11.4. The fraction of sp³-hybridized carbons (Fsp3) is 0.312. The fourth-order valence-electron chi connectivity index (χ4n) is 1.94. The minimum absolute atomic E-state index is 0.0579. The zero-order valence-corrected chi connectivity index (χ0v) is 10.8. The first-order valence-corrected chi connectivity index (χ1v) is 6.32. The van der Waals surface area contributed by atoms with Gasteiger partial charge in [0.05, 0.1) is 12.5 Å². The molecule has 2 nitrogen and oxygen atoms in total. The smallest absolute Gasteiger partial charge is 0.308 e. The van der Waals surface area contributed by atoms with E-state index in [1.807, 2.05) is 32.0 Å². The van der Waals surface area contributed by atoms with Gasteiger partial charge in [-0.15, -0.1) is 0 Å². The molecule has 0 fully saturated rings. The highest BCUT2D eigenvalue weighted by atomic mass is 16.5. The Balaban J connectivity index is 2.06. The zero-order valence-electron chi connectivity index (χ0n) is 10.8. The molecule has 0 radical (unpaired) electrons. The number of ether oxygens (including phenoxy) is 1. The van der Waals surface area contributed by atoms with Gasteiger partial charge in [-0.25, -0.2) is 0 Å². The Kier molecular flexibility index (Phi) is 3.98. The van der Waals surface area contributed by atoms with Gasteiger partial charge in [-0.3, -0.25) is 4.79 Å². The van der Waals surface area contributed by atoms with Crippen molar-refractivity contribution in [1.29, 1.82) is 0 Å². The number of carbonyl (C=O) groups excluding carboxylic acids is 1. The van der Waals surface area contributed by atoms with E-state index in [0.29, 0.717) is 6.61 Å². The van der Waals surface area contributed by atoms with E-state index in [9.17, 15) is 4.79 Å². The lowest BCUT2D eigenvalue weighted by Gasteiger charge is -2.09. The Hall–Kier alpha value is -1.83. The summed E-state index contributed by atoms with van der Waals surface area (Å²) in [4.78, 5) is 11.4. The molecule has 0 aromatic heterocycles. The Morgan fingerprint density at radius 1 is 1.11 bits per heavy atom. The number of carbonyl (C=O) groups is 1. The number of fused-ring (bicyclic) bond motifs is 1. The highest BCUT2D eigenvalue weighted by Gasteiger charge is 2.08. The van der Waals surface area contributed by atoms with Crippen LogP contribution in [0.15, 0.2) is 42.5 Å². The van der Waals surface area contributed by atoms with Gasteiger partial charge in [0.2, 0.25) is 0 Å². The second kappa shape index (κ2) is 5.67. The van der Waals surface area contributed by atoms with Crippen molar-refractivity contribution in [2.45, 2.75) is 20.3 Å². The van der Waals surface area contributed by atoms with Crippen molar-refractivity contribution in [1.82, 2.24) is 0 Å². The predicted octanol–water partition coefficient (Wildman–Crippen LogP) is 3.58. The molecule has 2 heteroatoms. The van der Waals surface area contributed by atoms with Gasteiger partial charge in [-0.05, 0) is 16.3 Å². The first kappa shape index (κ1) is 12.6. The first-order chi connectivity index (χ1) is 8.68. The lowest BCUT2D eigenvalue weighted by Crippen LogP contribution is -2.13. The van der Waals surface area contributed by atoms with Crippen molar-refractivity contribution in [3.63, 3.8) is 0 Å². The van der Waals surface area contributed by atoms with Crippen molar-refractivity contribution in [3.05, 3.63) is 48.0 Å². The summed E-state index contributed by atoms with van der Waals surface area (Å²) >= 11 is 0. The lowest BCUT2D eigenvalue weighted by atomic mass is 10.0. The minimum Gasteiger partial charge on any atom is -0.465 e. The highest BCUT2D eigenvalue weighted by molar-refractivity contribution is 5.85. The van der Waals surface area contributed by atoms with Gasteiger partial charge in [-0.1, -0.05) is 56.3 Å². The monoisotopic (exact) mass is 242 g/mol. The summed E-state index contributed by atoms with van der Waals surface area (Å²) in [5.74, 6) is -0.187. The molecule has 0 aliphatic heterocycles. The van der Waals surface area contributed by atoms with E-state index < -0.39 is 0 Å². The molecule has 0 atom stereocenters. The molecule has 0 aliphatic carbocycles. The first-order valence-electron chi connectivity index (χ1n) is 6.32. The molecule has 0 bridgehead atoms. The van der Waals surface area contributed by atoms with Crippen LogP contribution < -0.4 is 0 Å². The van der Waals surface area contributed by atoms with E-state index in [1.165, 1.54) is 16.3 Å². The summed E-state index contributed by atoms with van der Waals surface area (Å²) in [5, 5.41) is 2.46. The molecule has 2 aromatic rings. The average molecular weight is 242 g/mol. The standard InChI is InChI=1S/C16H18O2/c1-12(2)16(17)18-11-10-14-8-5-7-13-6-3-4-9-15(13)14/h3-9,12H,10-11H2,1-2H3. The molecule has 0 aliphatic rings. The molecule has 0 saturated carbocycles. The molecule has 0 N–H and O–H groups in total. The van der Waals surface area contributed by atoms with E-state index >= 15 is 0 Å². The summed E-state index contributed by atoms with van der Waals surface area (Å²) < 4.78 is 5.22. The van der Waals surface area contributed by atoms with Crippen LogP contribution in [0.5, 0.6) is 0 Å². The molecular formula is C16H18O2. The molecule has 0 unspecified atom stereocenters.